The molecule has 0 saturated carbocycles. The molecule has 21 heavy (non-hydrogen) atoms. The molecular weight excluding hydrogens is 272 g/mol. The van der Waals surface area contributed by atoms with Gasteiger partial charge in [-0.25, -0.2) is 4.79 Å². The van der Waals surface area contributed by atoms with Gasteiger partial charge in [-0.15, -0.1) is 0 Å². The Hall–Kier alpha value is -2.89. The molecule has 1 heterocycles. The molecule has 1 amide bonds. The van der Waals surface area contributed by atoms with Gasteiger partial charge in [-0.05, 0) is 37.3 Å². The van der Waals surface area contributed by atoms with Gasteiger partial charge >= 0.3 is 5.97 Å². The fourth-order valence-corrected chi connectivity index (χ4v) is 1.73. The zero-order valence-electron chi connectivity index (χ0n) is 11.6. The average Bonchev–Trinajstić information content (AvgIpc) is 2.48. The number of carboxylic acids is 1. The van der Waals surface area contributed by atoms with E-state index in [-0.39, 0.29) is 11.3 Å². The highest BCUT2D eigenvalue weighted by Crippen LogP contribution is 2.22. The quantitative estimate of drug-likeness (QED) is 0.900. The lowest BCUT2D eigenvalue weighted by molar-refractivity contribution is 0.0697. The largest absolute Gasteiger partial charge is 0.497 e. The third-order valence-electron chi connectivity index (χ3n) is 2.88. The van der Waals surface area contributed by atoms with Crippen molar-refractivity contribution in [2.24, 2.45) is 0 Å². The Morgan fingerprint density at radius 2 is 2.00 bits per heavy atom. The van der Waals surface area contributed by atoms with Crippen LogP contribution in [-0.4, -0.2) is 29.1 Å². The van der Waals surface area contributed by atoms with Crippen molar-refractivity contribution in [1.29, 1.82) is 0 Å². The van der Waals surface area contributed by atoms with Crippen molar-refractivity contribution >= 4 is 17.6 Å². The van der Waals surface area contributed by atoms with Crippen LogP contribution in [0, 0.1) is 6.92 Å². The molecule has 0 bridgehead atoms. The summed E-state index contributed by atoms with van der Waals surface area (Å²) >= 11 is 0. The average molecular weight is 286 g/mol. The molecule has 2 rings (SSSR count). The number of aryl methyl sites for hydroxylation is 1. The van der Waals surface area contributed by atoms with E-state index in [1.807, 2.05) is 6.92 Å². The Labute approximate surface area is 121 Å². The summed E-state index contributed by atoms with van der Waals surface area (Å²) in [6.07, 6.45) is 1.44. The van der Waals surface area contributed by atoms with E-state index in [1.54, 1.807) is 18.2 Å². The Bertz CT molecular complexity index is 681. The number of nitrogens with one attached hydrogen (secondary N) is 1. The number of carbonyl (C=O) groups is 2. The summed E-state index contributed by atoms with van der Waals surface area (Å²) in [5.41, 5.74) is 1.31. The van der Waals surface area contributed by atoms with Crippen LogP contribution in [0.1, 0.15) is 26.4 Å². The van der Waals surface area contributed by atoms with Crippen LogP contribution in [0.3, 0.4) is 0 Å². The number of hydrogen-bond donors (Lipinski definition) is 2. The summed E-state index contributed by atoms with van der Waals surface area (Å²) in [5, 5.41) is 11.7. The Kier molecular flexibility index (Phi) is 4.18. The number of pyridine rings is 1. The summed E-state index contributed by atoms with van der Waals surface area (Å²) in [4.78, 5) is 27.3. The lowest BCUT2D eigenvalue weighted by atomic mass is 10.1. The fourth-order valence-electron chi connectivity index (χ4n) is 1.73. The summed E-state index contributed by atoms with van der Waals surface area (Å²) in [5.74, 6) is -1.16. The topological polar surface area (TPSA) is 88.5 Å². The van der Waals surface area contributed by atoms with Crippen LogP contribution in [0.25, 0.3) is 0 Å². The third kappa shape index (κ3) is 3.36. The summed E-state index contributed by atoms with van der Waals surface area (Å²) in [6.45, 7) is 1.81. The number of aromatic nitrogens is 1. The summed E-state index contributed by atoms with van der Waals surface area (Å²) < 4.78 is 4.98. The molecule has 1 aromatic heterocycles. The second-order valence-electron chi connectivity index (χ2n) is 4.36. The molecule has 6 nitrogen and oxygen atoms in total. The van der Waals surface area contributed by atoms with Gasteiger partial charge in [-0.2, -0.15) is 0 Å². The van der Waals surface area contributed by atoms with Crippen molar-refractivity contribution in [2.45, 2.75) is 6.92 Å². The van der Waals surface area contributed by atoms with Gasteiger partial charge in [0, 0.05) is 11.9 Å². The lowest BCUT2D eigenvalue weighted by Crippen LogP contribution is -2.15. The first-order valence-electron chi connectivity index (χ1n) is 6.16. The fraction of sp³-hybridized carbons (Fsp3) is 0.133. The number of methoxy groups -OCH3 is 1. The van der Waals surface area contributed by atoms with E-state index >= 15 is 0 Å². The maximum absolute atomic E-state index is 12.1. The van der Waals surface area contributed by atoms with E-state index < -0.39 is 11.9 Å². The van der Waals surface area contributed by atoms with Crippen molar-refractivity contribution in [3.8, 4) is 5.75 Å². The van der Waals surface area contributed by atoms with Crippen molar-refractivity contribution in [3.05, 3.63) is 53.3 Å². The van der Waals surface area contributed by atoms with Gasteiger partial charge in [0.15, 0.2) is 0 Å². The van der Waals surface area contributed by atoms with Gasteiger partial charge in [-0.3, -0.25) is 9.78 Å². The molecule has 1 aromatic carbocycles. The van der Waals surface area contributed by atoms with Crippen molar-refractivity contribution < 1.29 is 19.4 Å². The van der Waals surface area contributed by atoms with Gasteiger partial charge in [0.25, 0.3) is 5.91 Å². The maximum atomic E-state index is 12.1. The zero-order chi connectivity index (χ0) is 15.4. The number of aromatic carboxylic acids is 1. The van der Waals surface area contributed by atoms with Gasteiger partial charge in [-0.1, -0.05) is 0 Å². The van der Waals surface area contributed by atoms with Crippen molar-refractivity contribution in [1.82, 2.24) is 4.98 Å². The minimum Gasteiger partial charge on any atom is -0.497 e. The molecule has 0 aliphatic carbocycles. The predicted molar refractivity (Wildman–Crippen MR) is 76.9 cm³/mol. The van der Waals surface area contributed by atoms with Gasteiger partial charge in [0.2, 0.25) is 0 Å². The lowest BCUT2D eigenvalue weighted by Gasteiger charge is -2.10. The van der Waals surface area contributed by atoms with Crippen LogP contribution in [0.2, 0.25) is 0 Å². The van der Waals surface area contributed by atoms with E-state index in [0.29, 0.717) is 11.3 Å². The smallest absolute Gasteiger partial charge is 0.337 e. The predicted octanol–water partition coefficient (Wildman–Crippen LogP) is 2.35. The highest BCUT2D eigenvalue weighted by molar-refractivity contribution is 6.07. The second-order valence-corrected chi connectivity index (χ2v) is 4.36. The van der Waals surface area contributed by atoms with Gasteiger partial charge < -0.3 is 15.2 Å². The van der Waals surface area contributed by atoms with Crippen LogP contribution < -0.4 is 10.1 Å². The minimum atomic E-state index is -1.15. The summed E-state index contributed by atoms with van der Waals surface area (Å²) in [6, 6.07) is 7.76. The number of benzene rings is 1. The van der Waals surface area contributed by atoms with Crippen molar-refractivity contribution in [2.75, 3.05) is 12.4 Å². The molecule has 0 saturated heterocycles. The van der Waals surface area contributed by atoms with Crippen LogP contribution in [0.4, 0.5) is 5.69 Å². The molecule has 0 unspecified atom stereocenters. The molecule has 0 aliphatic heterocycles. The first-order valence-corrected chi connectivity index (χ1v) is 6.16. The number of rotatable bonds is 4. The minimum absolute atomic E-state index is 0.0391. The molecule has 2 aromatic rings. The molecule has 0 fully saturated rings. The number of amides is 1. The normalized spacial score (nSPS) is 10.0. The van der Waals surface area contributed by atoms with Crippen LogP contribution in [0.15, 0.2) is 36.5 Å². The maximum Gasteiger partial charge on any atom is 0.337 e. The molecule has 2 N–H and O–H groups in total. The number of ether oxygens (including phenoxy) is 1. The van der Waals surface area contributed by atoms with E-state index in [9.17, 15) is 14.7 Å². The van der Waals surface area contributed by atoms with Crippen LogP contribution in [-0.2, 0) is 0 Å². The SMILES string of the molecule is COc1ccc(NC(=O)c2ccc(C)nc2)c(C(=O)O)c1. The highest BCUT2D eigenvalue weighted by Gasteiger charge is 2.15. The number of nitrogens with zero attached hydrogens (tertiary/aromatic N) is 1. The van der Waals surface area contributed by atoms with E-state index in [0.717, 1.165) is 5.69 Å². The first kappa shape index (κ1) is 14.5. The molecule has 0 radical (unpaired) electrons. The molecule has 0 atom stereocenters. The summed E-state index contributed by atoms with van der Waals surface area (Å²) in [7, 11) is 1.44. The molecular formula is C15H14N2O4. The molecule has 0 aliphatic rings. The van der Waals surface area contributed by atoms with Gasteiger partial charge in [0.1, 0.15) is 5.75 Å². The Balaban J connectivity index is 2.28. The highest BCUT2D eigenvalue weighted by atomic mass is 16.5. The van der Waals surface area contributed by atoms with E-state index in [2.05, 4.69) is 10.3 Å². The standard InChI is InChI=1S/C15H14N2O4/c1-9-3-4-10(8-16-9)14(18)17-13-6-5-11(21-2)7-12(13)15(19)20/h3-8H,1-2H3,(H,17,18)(H,19,20). The van der Waals surface area contributed by atoms with E-state index in [1.165, 1.54) is 25.4 Å². The Morgan fingerprint density at radius 3 is 2.57 bits per heavy atom. The second kappa shape index (κ2) is 6.04. The zero-order valence-corrected chi connectivity index (χ0v) is 11.6. The number of anilines is 1. The van der Waals surface area contributed by atoms with Gasteiger partial charge in [0.05, 0.1) is 23.9 Å². The monoisotopic (exact) mass is 286 g/mol. The van der Waals surface area contributed by atoms with Crippen molar-refractivity contribution in [3.63, 3.8) is 0 Å². The number of hydrogen-bond acceptors (Lipinski definition) is 4. The number of carbonyl (C=O) groups excluding carboxylic acids is 1. The van der Waals surface area contributed by atoms with E-state index in [4.69, 9.17) is 4.74 Å². The number of carboxylic acid groups (broad SMARTS) is 1. The van der Waals surface area contributed by atoms with Crippen LogP contribution in [0.5, 0.6) is 5.75 Å². The Morgan fingerprint density at radius 1 is 1.24 bits per heavy atom. The molecule has 6 heteroatoms. The van der Waals surface area contributed by atoms with Crippen LogP contribution >= 0.6 is 0 Å². The first-order chi connectivity index (χ1) is 10.0. The third-order valence-corrected chi connectivity index (χ3v) is 2.88. The molecule has 108 valence electrons. The molecule has 0 spiro atoms.